The van der Waals surface area contributed by atoms with Crippen molar-refractivity contribution in [1.82, 2.24) is 5.32 Å². The summed E-state index contributed by atoms with van der Waals surface area (Å²) in [6.45, 7) is 0.715. The Hall–Kier alpha value is -2.40. The van der Waals surface area contributed by atoms with Crippen LogP contribution in [0.5, 0.6) is 11.5 Å². The molecule has 2 aromatic carbocycles. The van der Waals surface area contributed by atoms with Gasteiger partial charge >= 0.3 is 6.03 Å². The molecule has 0 radical (unpaired) electrons. The lowest BCUT2D eigenvalue weighted by molar-refractivity contribution is 0.247. The van der Waals surface area contributed by atoms with E-state index in [1.54, 1.807) is 43.5 Å². The molecule has 0 aliphatic heterocycles. The van der Waals surface area contributed by atoms with Gasteiger partial charge in [-0.2, -0.15) is 0 Å². The van der Waals surface area contributed by atoms with Gasteiger partial charge in [-0.3, -0.25) is 0 Å². The van der Waals surface area contributed by atoms with Gasteiger partial charge < -0.3 is 20.1 Å². The molecule has 2 rings (SSSR count). The standard InChI is InChI=1S/C16H17ClN2O3/c1-21-15-8-3-2-7-14(15)19-16(20)18-9-10-22-13-6-4-5-12(17)11-13/h2-8,11H,9-10H2,1H3,(H2,18,19,20). The quantitative estimate of drug-likeness (QED) is 0.800. The SMILES string of the molecule is COc1ccccc1NC(=O)NCCOc1cccc(Cl)c1. The van der Waals surface area contributed by atoms with Crippen LogP contribution in [0.2, 0.25) is 5.02 Å². The zero-order valence-electron chi connectivity index (χ0n) is 12.1. The number of ether oxygens (including phenoxy) is 2. The molecule has 0 saturated heterocycles. The average molecular weight is 321 g/mol. The van der Waals surface area contributed by atoms with Crippen LogP contribution in [-0.2, 0) is 0 Å². The Kier molecular flexibility index (Phi) is 5.91. The van der Waals surface area contributed by atoms with Gasteiger partial charge in [0.25, 0.3) is 0 Å². The Morgan fingerprint density at radius 1 is 1.18 bits per heavy atom. The normalized spacial score (nSPS) is 9.91. The molecule has 0 bridgehead atoms. The van der Waals surface area contributed by atoms with Crippen molar-refractivity contribution in [3.63, 3.8) is 0 Å². The van der Waals surface area contributed by atoms with Gasteiger partial charge in [-0.05, 0) is 30.3 Å². The molecule has 2 amide bonds. The molecule has 0 heterocycles. The van der Waals surface area contributed by atoms with E-state index in [1.165, 1.54) is 0 Å². The molecular formula is C16H17ClN2O3. The van der Waals surface area contributed by atoms with E-state index in [0.29, 0.717) is 35.4 Å². The molecule has 116 valence electrons. The van der Waals surface area contributed by atoms with Gasteiger partial charge in [-0.1, -0.05) is 29.8 Å². The average Bonchev–Trinajstić information content (AvgIpc) is 2.52. The van der Waals surface area contributed by atoms with Gasteiger partial charge in [0, 0.05) is 5.02 Å². The molecule has 0 spiro atoms. The summed E-state index contributed by atoms with van der Waals surface area (Å²) < 4.78 is 10.6. The Labute approximate surface area is 134 Å². The summed E-state index contributed by atoms with van der Waals surface area (Å²) in [4.78, 5) is 11.8. The van der Waals surface area contributed by atoms with Crippen molar-refractivity contribution in [1.29, 1.82) is 0 Å². The predicted molar refractivity (Wildman–Crippen MR) is 87.0 cm³/mol. The van der Waals surface area contributed by atoms with Crippen LogP contribution in [0.25, 0.3) is 0 Å². The number of anilines is 1. The molecule has 0 aliphatic carbocycles. The van der Waals surface area contributed by atoms with Crippen LogP contribution in [0.1, 0.15) is 0 Å². The van der Waals surface area contributed by atoms with Crippen LogP contribution in [-0.4, -0.2) is 26.3 Å². The summed E-state index contributed by atoms with van der Waals surface area (Å²) in [5.41, 5.74) is 0.609. The Bertz CT molecular complexity index is 634. The molecular weight excluding hydrogens is 304 g/mol. The van der Waals surface area contributed by atoms with E-state index in [2.05, 4.69) is 10.6 Å². The third kappa shape index (κ3) is 4.86. The van der Waals surface area contributed by atoms with E-state index in [-0.39, 0.29) is 6.03 Å². The van der Waals surface area contributed by atoms with E-state index in [9.17, 15) is 4.79 Å². The molecule has 22 heavy (non-hydrogen) atoms. The topological polar surface area (TPSA) is 59.6 Å². The second-order valence-corrected chi connectivity index (χ2v) is 4.82. The number of para-hydroxylation sites is 2. The number of urea groups is 1. The second kappa shape index (κ2) is 8.14. The van der Waals surface area contributed by atoms with Gasteiger partial charge in [-0.25, -0.2) is 4.79 Å². The predicted octanol–water partition coefficient (Wildman–Crippen LogP) is 3.55. The fourth-order valence-corrected chi connectivity index (χ4v) is 1.98. The van der Waals surface area contributed by atoms with Gasteiger partial charge in [0.05, 0.1) is 19.3 Å². The minimum atomic E-state index is -0.320. The summed E-state index contributed by atoms with van der Waals surface area (Å²) in [6.07, 6.45) is 0. The highest BCUT2D eigenvalue weighted by atomic mass is 35.5. The Morgan fingerprint density at radius 2 is 2.00 bits per heavy atom. The van der Waals surface area contributed by atoms with Crippen LogP contribution in [0.4, 0.5) is 10.5 Å². The highest BCUT2D eigenvalue weighted by molar-refractivity contribution is 6.30. The fraction of sp³-hybridized carbons (Fsp3) is 0.188. The number of carbonyl (C=O) groups is 1. The molecule has 0 unspecified atom stereocenters. The van der Waals surface area contributed by atoms with E-state index in [1.807, 2.05) is 12.1 Å². The van der Waals surface area contributed by atoms with Crippen LogP contribution in [0, 0.1) is 0 Å². The maximum absolute atomic E-state index is 11.8. The Morgan fingerprint density at radius 3 is 2.77 bits per heavy atom. The van der Waals surface area contributed by atoms with Crippen LogP contribution < -0.4 is 20.1 Å². The number of rotatable bonds is 6. The summed E-state index contributed by atoms with van der Waals surface area (Å²) in [5, 5.41) is 6.03. The minimum Gasteiger partial charge on any atom is -0.495 e. The first-order valence-electron chi connectivity index (χ1n) is 6.75. The van der Waals surface area contributed by atoms with Crippen molar-refractivity contribution in [2.24, 2.45) is 0 Å². The maximum atomic E-state index is 11.8. The van der Waals surface area contributed by atoms with Gasteiger partial charge in [0.15, 0.2) is 0 Å². The van der Waals surface area contributed by atoms with Crippen molar-refractivity contribution < 1.29 is 14.3 Å². The van der Waals surface area contributed by atoms with E-state index >= 15 is 0 Å². The van der Waals surface area contributed by atoms with E-state index in [0.717, 1.165) is 0 Å². The molecule has 0 aromatic heterocycles. The number of nitrogens with one attached hydrogen (secondary N) is 2. The lowest BCUT2D eigenvalue weighted by Gasteiger charge is -2.11. The van der Waals surface area contributed by atoms with Crippen molar-refractivity contribution in [2.75, 3.05) is 25.6 Å². The number of amides is 2. The molecule has 2 N–H and O–H groups in total. The fourth-order valence-electron chi connectivity index (χ4n) is 1.80. The maximum Gasteiger partial charge on any atom is 0.319 e. The first-order chi connectivity index (χ1) is 10.7. The zero-order valence-corrected chi connectivity index (χ0v) is 12.9. The largest absolute Gasteiger partial charge is 0.495 e. The number of halogens is 1. The number of hydrogen-bond acceptors (Lipinski definition) is 3. The number of hydrogen-bond donors (Lipinski definition) is 2. The molecule has 2 aromatic rings. The highest BCUT2D eigenvalue weighted by Gasteiger charge is 2.05. The lowest BCUT2D eigenvalue weighted by atomic mass is 10.3. The van der Waals surface area contributed by atoms with Crippen molar-refractivity contribution >= 4 is 23.3 Å². The highest BCUT2D eigenvalue weighted by Crippen LogP contribution is 2.22. The molecule has 0 atom stereocenters. The summed E-state index contributed by atoms with van der Waals surface area (Å²) in [5.74, 6) is 1.27. The second-order valence-electron chi connectivity index (χ2n) is 4.39. The number of benzene rings is 2. The third-order valence-electron chi connectivity index (χ3n) is 2.81. The first kappa shape index (κ1) is 16.0. The summed E-state index contributed by atoms with van der Waals surface area (Å²) >= 11 is 5.86. The molecule has 0 saturated carbocycles. The van der Waals surface area contributed by atoms with E-state index < -0.39 is 0 Å². The smallest absolute Gasteiger partial charge is 0.319 e. The molecule has 0 fully saturated rings. The van der Waals surface area contributed by atoms with Crippen LogP contribution in [0.15, 0.2) is 48.5 Å². The minimum absolute atomic E-state index is 0.320. The van der Waals surface area contributed by atoms with Crippen LogP contribution in [0.3, 0.4) is 0 Å². The lowest BCUT2D eigenvalue weighted by Crippen LogP contribution is -2.32. The summed E-state index contributed by atoms with van der Waals surface area (Å²) in [7, 11) is 1.55. The van der Waals surface area contributed by atoms with Gasteiger partial charge in [-0.15, -0.1) is 0 Å². The third-order valence-corrected chi connectivity index (χ3v) is 3.04. The summed E-state index contributed by atoms with van der Waals surface area (Å²) in [6, 6.07) is 14.0. The van der Waals surface area contributed by atoms with Crippen molar-refractivity contribution in [2.45, 2.75) is 0 Å². The van der Waals surface area contributed by atoms with Crippen molar-refractivity contribution in [3.8, 4) is 11.5 Å². The zero-order chi connectivity index (χ0) is 15.8. The Balaban J connectivity index is 1.74. The number of carbonyl (C=O) groups excluding carboxylic acids is 1. The molecule has 5 nitrogen and oxygen atoms in total. The first-order valence-corrected chi connectivity index (χ1v) is 7.13. The monoisotopic (exact) mass is 320 g/mol. The molecule has 6 heteroatoms. The van der Waals surface area contributed by atoms with Crippen LogP contribution >= 0.6 is 11.6 Å². The van der Waals surface area contributed by atoms with Gasteiger partial charge in [0.2, 0.25) is 0 Å². The van der Waals surface area contributed by atoms with Gasteiger partial charge in [0.1, 0.15) is 18.1 Å². The van der Waals surface area contributed by atoms with Crippen molar-refractivity contribution in [3.05, 3.63) is 53.6 Å². The molecule has 0 aliphatic rings. The van der Waals surface area contributed by atoms with E-state index in [4.69, 9.17) is 21.1 Å². The number of methoxy groups -OCH3 is 1.